The zero-order chi connectivity index (χ0) is 5.98. The van der Waals surface area contributed by atoms with Gasteiger partial charge in [-0.05, 0) is 18.9 Å². The van der Waals surface area contributed by atoms with Gasteiger partial charge in [-0.3, -0.25) is 0 Å². The van der Waals surface area contributed by atoms with Gasteiger partial charge in [-0.1, -0.05) is 6.92 Å². The van der Waals surface area contributed by atoms with E-state index in [1.807, 2.05) is 0 Å². The summed E-state index contributed by atoms with van der Waals surface area (Å²) in [6.45, 7) is 4.02. The molecule has 0 aromatic carbocycles. The molecule has 0 aliphatic carbocycles. The van der Waals surface area contributed by atoms with E-state index in [1.165, 1.54) is 0 Å². The van der Waals surface area contributed by atoms with Crippen LogP contribution in [0.15, 0.2) is 0 Å². The maximum atomic E-state index is 9.14. The molecule has 1 saturated heterocycles. The molecular weight excluding hydrogens is 102 g/mol. The second-order valence-corrected chi connectivity index (χ2v) is 2.54. The van der Waals surface area contributed by atoms with Crippen molar-refractivity contribution in [2.75, 3.05) is 13.1 Å². The average molecular weight is 115 g/mol. The summed E-state index contributed by atoms with van der Waals surface area (Å²) in [6, 6.07) is 0. The molecule has 0 amide bonds. The zero-order valence-electron chi connectivity index (χ0n) is 5.22. The van der Waals surface area contributed by atoms with Gasteiger partial charge in [0.05, 0.1) is 6.10 Å². The van der Waals surface area contributed by atoms with Crippen molar-refractivity contribution in [2.24, 2.45) is 5.92 Å². The molecule has 0 radical (unpaired) electrons. The van der Waals surface area contributed by atoms with Crippen LogP contribution in [0, 0.1) is 5.92 Å². The summed E-state index contributed by atoms with van der Waals surface area (Å²) in [4.78, 5) is 0. The van der Waals surface area contributed by atoms with Gasteiger partial charge in [0, 0.05) is 6.54 Å². The van der Waals surface area contributed by atoms with Crippen molar-refractivity contribution in [1.29, 1.82) is 0 Å². The van der Waals surface area contributed by atoms with Gasteiger partial charge in [0.15, 0.2) is 0 Å². The van der Waals surface area contributed by atoms with Crippen LogP contribution in [-0.2, 0) is 0 Å². The molecule has 0 bridgehead atoms. The SMILES string of the molecule is C[C@H]1CNCC[C@H]1O. The van der Waals surface area contributed by atoms with Crippen LogP contribution in [0.4, 0.5) is 0 Å². The zero-order valence-corrected chi connectivity index (χ0v) is 5.22. The van der Waals surface area contributed by atoms with Gasteiger partial charge >= 0.3 is 0 Å². The first kappa shape index (κ1) is 6.05. The van der Waals surface area contributed by atoms with E-state index in [4.69, 9.17) is 5.11 Å². The second-order valence-electron chi connectivity index (χ2n) is 2.54. The van der Waals surface area contributed by atoms with Gasteiger partial charge in [0.25, 0.3) is 0 Å². The van der Waals surface area contributed by atoms with E-state index in [1.54, 1.807) is 0 Å². The monoisotopic (exact) mass is 115 g/mol. The first-order valence-corrected chi connectivity index (χ1v) is 3.19. The maximum absolute atomic E-state index is 9.14. The van der Waals surface area contributed by atoms with Crippen molar-refractivity contribution in [2.45, 2.75) is 19.4 Å². The molecule has 1 aliphatic heterocycles. The minimum Gasteiger partial charge on any atom is -0.393 e. The average Bonchev–Trinajstić information content (AvgIpc) is 1.77. The lowest BCUT2D eigenvalue weighted by Crippen LogP contribution is -2.38. The molecule has 2 nitrogen and oxygen atoms in total. The lowest BCUT2D eigenvalue weighted by Gasteiger charge is -2.24. The fourth-order valence-corrected chi connectivity index (χ4v) is 1.00. The largest absolute Gasteiger partial charge is 0.393 e. The number of aliphatic hydroxyl groups excluding tert-OH is 1. The summed E-state index contributed by atoms with van der Waals surface area (Å²) in [5, 5.41) is 12.3. The van der Waals surface area contributed by atoms with Gasteiger partial charge in [0.1, 0.15) is 0 Å². The van der Waals surface area contributed by atoms with Crippen molar-refractivity contribution in [3.63, 3.8) is 0 Å². The van der Waals surface area contributed by atoms with Gasteiger partial charge in [-0.15, -0.1) is 0 Å². The fraction of sp³-hybridized carbons (Fsp3) is 1.00. The highest BCUT2D eigenvalue weighted by Gasteiger charge is 2.16. The highest BCUT2D eigenvalue weighted by atomic mass is 16.3. The molecule has 2 atom stereocenters. The molecule has 2 heteroatoms. The van der Waals surface area contributed by atoms with Gasteiger partial charge < -0.3 is 10.4 Å². The first-order valence-electron chi connectivity index (χ1n) is 3.19. The molecule has 8 heavy (non-hydrogen) atoms. The van der Waals surface area contributed by atoms with Crippen molar-refractivity contribution < 1.29 is 5.11 Å². The molecule has 0 aromatic rings. The van der Waals surface area contributed by atoms with Crippen molar-refractivity contribution >= 4 is 0 Å². The lowest BCUT2D eigenvalue weighted by molar-refractivity contribution is 0.0882. The van der Waals surface area contributed by atoms with Crippen molar-refractivity contribution in [3.05, 3.63) is 0 Å². The Bertz CT molecular complexity index is 64.9. The molecule has 1 aliphatic rings. The molecule has 1 fully saturated rings. The van der Waals surface area contributed by atoms with E-state index in [0.29, 0.717) is 5.92 Å². The minimum atomic E-state index is -0.0590. The van der Waals surface area contributed by atoms with E-state index in [2.05, 4.69) is 12.2 Å². The van der Waals surface area contributed by atoms with Crippen LogP contribution < -0.4 is 5.32 Å². The van der Waals surface area contributed by atoms with Crippen LogP contribution in [0.3, 0.4) is 0 Å². The summed E-state index contributed by atoms with van der Waals surface area (Å²) in [6.07, 6.45) is 0.859. The van der Waals surface area contributed by atoms with Crippen molar-refractivity contribution in [1.82, 2.24) is 5.32 Å². The van der Waals surface area contributed by atoms with Crippen LogP contribution in [0.1, 0.15) is 13.3 Å². The van der Waals surface area contributed by atoms with E-state index < -0.39 is 0 Å². The molecule has 2 N–H and O–H groups in total. The minimum absolute atomic E-state index is 0.0590. The lowest BCUT2D eigenvalue weighted by atomic mass is 9.99. The van der Waals surface area contributed by atoms with Crippen LogP contribution in [0.25, 0.3) is 0 Å². The van der Waals surface area contributed by atoms with Gasteiger partial charge in [0.2, 0.25) is 0 Å². The Kier molecular flexibility index (Phi) is 1.86. The third kappa shape index (κ3) is 1.20. The summed E-state index contributed by atoms with van der Waals surface area (Å²) in [5.41, 5.74) is 0. The normalized spacial score (nSPS) is 39.8. The summed E-state index contributed by atoms with van der Waals surface area (Å²) in [7, 11) is 0. The number of rotatable bonds is 0. The molecule has 1 heterocycles. The topological polar surface area (TPSA) is 32.3 Å². The third-order valence-electron chi connectivity index (χ3n) is 1.74. The second kappa shape index (κ2) is 2.46. The van der Waals surface area contributed by atoms with Gasteiger partial charge in [-0.25, -0.2) is 0 Å². The Morgan fingerprint density at radius 2 is 2.38 bits per heavy atom. The highest BCUT2D eigenvalue weighted by Crippen LogP contribution is 2.08. The van der Waals surface area contributed by atoms with E-state index in [0.717, 1.165) is 19.5 Å². The van der Waals surface area contributed by atoms with Crippen LogP contribution in [-0.4, -0.2) is 24.3 Å². The predicted molar refractivity (Wildman–Crippen MR) is 32.7 cm³/mol. The smallest absolute Gasteiger partial charge is 0.0590 e. The molecule has 0 saturated carbocycles. The first-order chi connectivity index (χ1) is 3.80. The van der Waals surface area contributed by atoms with E-state index in [9.17, 15) is 0 Å². The summed E-state index contributed by atoms with van der Waals surface area (Å²) in [5.74, 6) is 0.448. The number of piperidine rings is 1. The van der Waals surface area contributed by atoms with Crippen LogP contribution in [0.5, 0.6) is 0 Å². The highest BCUT2D eigenvalue weighted by molar-refractivity contribution is 4.72. The Labute approximate surface area is 49.9 Å². The number of nitrogens with one attached hydrogen (secondary N) is 1. The molecule has 1 rings (SSSR count). The Morgan fingerprint density at radius 3 is 2.75 bits per heavy atom. The number of hydrogen-bond acceptors (Lipinski definition) is 2. The molecule has 48 valence electrons. The number of hydrogen-bond donors (Lipinski definition) is 2. The third-order valence-corrected chi connectivity index (χ3v) is 1.74. The molecule has 0 unspecified atom stereocenters. The predicted octanol–water partition coefficient (Wildman–Crippen LogP) is -0.0233. The van der Waals surface area contributed by atoms with Crippen LogP contribution in [0.2, 0.25) is 0 Å². The van der Waals surface area contributed by atoms with Crippen molar-refractivity contribution in [3.8, 4) is 0 Å². The maximum Gasteiger partial charge on any atom is 0.0590 e. The quantitative estimate of drug-likeness (QED) is 0.465. The Morgan fingerprint density at radius 1 is 1.62 bits per heavy atom. The molecule has 0 aromatic heterocycles. The van der Waals surface area contributed by atoms with Gasteiger partial charge in [-0.2, -0.15) is 0 Å². The Balaban J connectivity index is 2.28. The molecule has 0 spiro atoms. The summed E-state index contributed by atoms with van der Waals surface area (Å²) >= 11 is 0. The summed E-state index contributed by atoms with van der Waals surface area (Å²) < 4.78 is 0. The standard InChI is InChI=1S/C6H13NO/c1-5-4-7-3-2-6(5)8/h5-8H,2-4H2,1H3/t5-,6+/m0/s1. The van der Waals surface area contributed by atoms with Crippen LogP contribution >= 0.6 is 0 Å². The number of aliphatic hydroxyl groups is 1. The Hall–Kier alpha value is -0.0800. The van der Waals surface area contributed by atoms with E-state index >= 15 is 0 Å². The molecular formula is C6H13NO. The van der Waals surface area contributed by atoms with E-state index in [-0.39, 0.29) is 6.10 Å². The fourth-order valence-electron chi connectivity index (χ4n) is 1.00.